The van der Waals surface area contributed by atoms with Crippen LogP contribution in [0.3, 0.4) is 0 Å². The van der Waals surface area contributed by atoms with E-state index in [2.05, 4.69) is 6.92 Å². The lowest BCUT2D eigenvalue weighted by Crippen LogP contribution is -2.31. The van der Waals surface area contributed by atoms with Crippen molar-refractivity contribution in [3.05, 3.63) is 0 Å². The van der Waals surface area contributed by atoms with E-state index in [-0.39, 0.29) is 18.8 Å². The third kappa shape index (κ3) is 6.35. The summed E-state index contributed by atoms with van der Waals surface area (Å²) in [6, 6.07) is 0. The number of hydrogen-bond donors (Lipinski definition) is 1. The minimum atomic E-state index is -0.193. The van der Waals surface area contributed by atoms with Crippen molar-refractivity contribution in [1.82, 2.24) is 0 Å². The molecule has 14 heavy (non-hydrogen) atoms. The van der Waals surface area contributed by atoms with Crippen LogP contribution in [0.4, 0.5) is 0 Å². The maximum atomic E-state index is 8.93. The summed E-state index contributed by atoms with van der Waals surface area (Å²) in [5.74, 6) is 0. The van der Waals surface area contributed by atoms with Gasteiger partial charge in [0.1, 0.15) is 6.10 Å². The molecule has 0 amide bonds. The second kappa shape index (κ2) is 9.44. The highest BCUT2D eigenvalue weighted by Gasteiger charge is 2.15. The van der Waals surface area contributed by atoms with E-state index in [1.807, 2.05) is 6.92 Å². The normalized spacial score (nSPS) is 15.4. The number of aliphatic hydroxyl groups is 1. The van der Waals surface area contributed by atoms with E-state index < -0.39 is 0 Å². The molecule has 0 aliphatic carbocycles. The van der Waals surface area contributed by atoms with Gasteiger partial charge < -0.3 is 14.6 Å². The zero-order valence-corrected chi connectivity index (χ0v) is 9.66. The van der Waals surface area contributed by atoms with E-state index in [0.717, 1.165) is 13.0 Å². The fourth-order valence-electron chi connectivity index (χ4n) is 1.32. The van der Waals surface area contributed by atoms with Gasteiger partial charge in [0, 0.05) is 13.7 Å². The summed E-state index contributed by atoms with van der Waals surface area (Å²) >= 11 is 0. The van der Waals surface area contributed by atoms with Gasteiger partial charge in [0.25, 0.3) is 0 Å². The fourth-order valence-corrected chi connectivity index (χ4v) is 1.32. The fraction of sp³-hybridized carbons (Fsp3) is 1.00. The predicted octanol–water partition coefficient (Wildman–Crippen LogP) is 1.98. The van der Waals surface area contributed by atoms with Gasteiger partial charge in [0.05, 0.1) is 12.7 Å². The van der Waals surface area contributed by atoms with Crippen molar-refractivity contribution >= 4 is 0 Å². The first-order chi connectivity index (χ1) is 6.76. The van der Waals surface area contributed by atoms with Crippen LogP contribution >= 0.6 is 0 Å². The second-order valence-corrected chi connectivity index (χ2v) is 3.59. The molecule has 2 atom stereocenters. The lowest BCUT2D eigenvalue weighted by Gasteiger charge is -2.20. The molecule has 0 aromatic carbocycles. The second-order valence-electron chi connectivity index (χ2n) is 3.59. The first-order valence-corrected chi connectivity index (χ1v) is 5.51. The van der Waals surface area contributed by atoms with Crippen LogP contribution in [0.1, 0.15) is 39.5 Å². The van der Waals surface area contributed by atoms with Crippen molar-refractivity contribution in [1.29, 1.82) is 0 Å². The van der Waals surface area contributed by atoms with Crippen LogP contribution < -0.4 is 0 Å². The average Bonchev–Trinajstić information content (AvgIpc) is 2.19. The monoisotopic (exact) mass is 204 g/mol. The van der Waals surface area contributed by atoms with Crippen molar-refractivity contribution in [2.24, 2.45) is 0 Å². The molecular weight excluding hydrogens is 180 g/mol. The Hall–Kier alpha value is -0.120. The number of aliphatic hydroxyl groups excluding tert-OH is 1. The third-order valence-electron chi connectivity index (χ3n) is 2.38. The van der Waals surface area contributed by atoms with Crippen LogP contribution in [-0.2, 0) is 9.47 Å². The molecule has 2 unspecified atom stereocenters. The topological polar surface area (TPSA) is 38.7 Å². The van der Waals surface area contributed by atoms with E-state index in [0.29, 0.717) is 0 Å². The quantitative estimate of drug-likeness (QED) is 0.584. The van der Waals surface area contributed by atoms with Gasteiger partial charge in [0.15, 0.2) is 0 Å². The Bertz CT molecular complexity index is 113. The molecule has 3 heteroatoms. The lowest BCUT2D eigenvalue weighted by molar-refractivity contribution is -0.0685. The predicted molar refractivity (Wildman–Crippen MR) is 57.4 cm³/mol. The number of ether oxygens (including phenoxy) is 2. The SMILES string of the molecule is CCCCCCOC(C)C(CO)OC. The molecule has 0 saturated heterocycles. The molecule has 0 fully saturated rings. The maximum Gasteiger partial charge on any atom is 0.106 e. The Kier molecular flexibility index (Phi) is 9.35. The first kappa shape index (κ1) is 13.9. The number of unbranched alkanes of at least 4 members (excludes halogenated alkanes) is 3. The Morgan fingerprint density at radius 2 is 1.93 bits per heavy atom. The van der Waals surface area contributed by atoms with Gasteiger partial charge in [-0.1, -0.05) is 26.2 Å². The average molecular weight is 204 g/mol. The largest absolute Gasteiger partial charge is 0.394 e. The molecule has 0 rings (SSSR count). The van der Waals surface area contributed by atoms with Crippen LogP contribution in [-0.4, -0.2) is 37.6 Å². The van der Waals surface area contributed by atoms with Crippen LogP contribution in [0.5, 0.6) is 0 Å². The Labute approximate surface area is 87.4 Å². The van der Waals surface area contributed by atoms with Crippen LogP contribution in [0, 0.1) is 0 Å². The summed E-state index contributed by atoms with van der Waals surface area (Å²) < 4.78 is 10.6. The molecule has 0 saturated carbocycles. The van der Waals surface area contributed by atoms with Crippen LogP contribution in [0.2, 0.25) is 0 Å². The zero-order chi connectivity index (χ0) is 10.8. The van der Waals surface area contributed by atoms with Gasteiger partial charge in [-0.05, 0) is 13.3 Å². The molecule has 0 aromatic heterocycles. The van der Waals surface area contributed by atoms with Gasteiger partial charge >= 0.3 is 0 Å². The molecular formula is C11H24O3. The van der Waals surface area contributed by atoms with Crippen molar-refractivity contribution in [3.8, 4) is 0 Å². The van der Waals surface area contributed by atoms with E-state index in [1.165, 1.54) is 19.3 Å². The van der Waals surface area contributed by atoms with Crippen molar-refractivity contribution < 1.29 is 14.6 Å². The number of methoxy groups -OCH3 is 1. The lowest BCUT2D eigenvalue weighted by atomic mass is 10.2. The van der Waals surface area contributed by atoms with Gasteiger partial charge in [-0.2, -0.15) is 0 Å². The van der Waals surface area contributed by atoms with Crippen LogP contribution in [0.25, 0.3) is 0 Å². The van der Waals surface area contributed by atoms with Gasteiger partial charge in [-0.25, -0.2) is 0 Å². The molecule has 0 radical (unpaired) electrons. The Balaban J connectivity index is 3.37. The summed E-state index contributed by atoms with van der Waals surface area (Å²) in [7, 11) is 1.60. The minimum absolute atomic E-state index is 0.0205. The summed E-state index contributed by atoms with van der Waals surface area (Å²) in [6.45, 7) is 4.91. The van der Waals surface area contributed by atoms with Crippen LogP contribution in [0.15, 0.2) is 0 Å². The van der Waals surface area contributed by atoms with Gasteiger partial charge in [0.2, 0.25) is 0 Å². The summed E-state index contributed by atoms with van der Waals surface area (Å²) in [5.41, 5.74) is 0. The third-order valence-corrected chi connectivity index (χ3v) is 2.38. The summed E-state index contributed by atoms with van der Waals surface area (Å²) in [5, 5.41) is 8.93. The van der Waals surface area contributed by atoms with E-state index >= 15 is 0 Å². The van der Waals surface area contributed by atoms with E-state index in [9.17, 15) is 0 Å². The minimum Gasteiger partial charge on any atom is -0.394 e. The molecule has 1 N–H and O–H groups in total. The van der Waals surface area contributed by atoms with Crippen molar-refractivity contribution in [2.75, 3.05) is 20.3 Å². The molecule has 0 aliphatic rings. The number of rotatable bonds is 9. The Morgan fingerprint density at radius 3 is 2.43 bits per heavy atom. The van der Waals surface area contributed by atoms with Crippen molar-refractivity contribution in [2.45, 2.75) is 51.7 Å². The smallest absolute Gasteiger partial charge is 0.106 e. The summed E-state index contributed by atoms with van der Waals surface area (Å²) in [4.78, 5) is 0. The molecule has 0 heterocycles. The van der Waals surface area contributed by atoms with Gasteiger partial charge in [-0.15, -0.1) is 0 Å². The highest BCUT2D eigenvalue weighted by molar-refractivity contribution is 4.63. The summed E-state index contributed by atoms with van der Waals surface area (Å²) in [6.07, 6.45) is 4.62. The molecule has 3 nitrogen and oxygen atoms in total. The molecule has 0 aliphatic heterocycles. The molecule has 0 aromatic rings. The highest BCUT2D eigenvalue weighted by Crippen LogP contribution is 2.05. The Morgan fingerprint density at radius 1 is 1.21 bits per heavy atom. The molecule has 0 bridgehead atoms. The highest BCUT2D eigenvalue weighted by atomic mass is 16.5. The van der Waals surface area contributed by atoms with Gasteiger partial charge in [-0.3, -0.25) is 0 Å². The molecule has 86 valence electrons. The molecule has 0 spiro atoms. The zero-order valence-electron chi connectivity index (χ0n) is 9.66. The van der Waals surface area contributed by atoms with E-state index in [4.69, 9.17) is 14.6 Å². The maximum absolute atomic E-state index is 8.93. The van der Waals surface area contributed by atoms with E-state index in [1.54, 1.807) is 7.11 Å². The van der Waals surface area contributed by atoms with Crippen molar-refractivity contribution in [3.63, 3.8) is 0 Å². The number of hydrogen-bond acceptors (Lipinski definition) is 3. The first-order valence-electron chi connectivity index (χ1n) is 5.51. The standard InChI is InChI=1S/C11H24O3/c1-4-5-6-7-8-14-10(2)11(9-12)13-3/h10-12H,4-9H2,1-3H3.